The SMILES string of the molecule is CCc1ccc(CNC(=O)C(=O)Nc2ccc(Cl)c(C(F)(F)F)c2)cc1. The van der Waals surface area contributed by atoms with E-state index >= 15 is 0 Å². The van der Waals surface area contributed by atoms with Crippen LogP contribution in [0.25, 0.3) is 0 Å². The minimum atomic E-state index is -4.66. The van der Waals surface area contributed by atoms with Crippen LogP contribution in [0.1, 0.15) is 23.6 Å². The van der Waals surface area contributed by atoms with E-state index < -0.39 is 28.6 Å². The lowest BCUT2D eigenvalue weighted by Crippen LogP contribution is -2.35. The Morgan fingerprint density at radius 1 is 1.00 bits per heavy atom. The van der Waals surface area contributed by atoms with Gasteiger partial charge in [0.1, 0.15) is 0 Å². The number of alkyl halides is 3. The van der Waals surface area contributed by atoms with Gasteiger partial charge in [0.05, 0.1) is 10.6 Å². The zero-order chi connectivity index (χ0) is 19.3. The van der Waals surface area contributed by atoms with Crippen molar-refractivity contribution in [1.29, 1.82) is 0 Å². The number of benzene rings is 2. The van der Waals surface area contributed by atoms with Gasteiger partial charge in [-0.3, -0.25) is 9.59 Å². The van der Waals surface area contributed by atoms with Gasteiger partial charge in [0.2, 0.25) is 0 Å². The van der Waals surface area contributed by atoms with Crippen molar-refractivity contribution in [2.75, 3.05) is 5.32 Å². The van der Waals surface area contributed by atoms with Crippen molar-refractivity contribution < 1.29 is 22.8 Å². The number of hydrogen-bond donors (Lipinski definition) is 2. The molecular formula is C18H16ClF3N2O2. The standard InChI is InChI=1S/C18H16ClF3N2O2/c1-2-11-3-5-12(6-4-11)10-23-16(25)17(26)24-13-7-8-15(19)14(9-13)18(20,21)22/h3-9H,2,10H2,1H3,(H,23,25)(H,24,26). The van der Waals surface area contributed by atoms with Crippen LogP contribution in [-0.4, -0.2) is 11.8 Å². The number of anilines is 1. The van der Waals surface area contributed by atoms with Gasteiger partial charge in [-0.2, -0.15) is 13.2 Å². The molecule has 0 atom stereocenters. The summed E-state index contributed by atoms with van der Waals surface area (Å²) >= 11 is 5.51. The highest BCUT2D eigenvalue weighted by Crippen LogP contribution is 2.36. The van der Waals surface area contributed by atoms with Gasteiger partial charge in [0.25, 0.3) is 0 Å². The average Bonchev–Trinajstić information content (AvgIpc) is 2.60. The van der Waals surface area contributed by atoms with E-state index in [1.54, 1.807) is 0 Å². The lowest BCUT2D eigenvalue weighted by molar-refractivity contribution is -0.137. The average molecular weight is 385 g/mol. The van der Waals surface area contributed by atoms with E-state index in [0.29, 0.717) is 6.07 Å². The molecule has 26 heavy (non-hydrogen) atoms. The fourth-order valence-corrected chi connectivity index (χ4v) is 2.39. The topological polar surface area (TPSA) is 58.2 Å². The van der Waals surface area contributed by atoms with Gasteiger partial charge >= 0.3 is 18.0 Å². The number of nitrogens with one attached hydrogen (secondary N) is 2. The van der Waals surface area contributed by atoms with Crippen molar-refractivity contribution in [2.45, 2.75) is 26.1 Å². The molecule has 0 saturated heterocycles. The molecular weight excluding hydrogens is 369 g/mol. The predicted octanol–water partition coefficient (Wildman–Crippen LogP) is 4.18. The number of amides is 2. The van der Waals surface area contributed by atoms with Gasteiger partial charge < -0.3 is 10.6 Å². The highest BCUT2D eigenvalue weighted by Gasteiger charge is 2.33. The fourth-order valence-electron chi connectivity index (χ4n) is 2.16. The molecule has 0 aliphatic carbocycles. The first-order valence-corrected chi connectivity index (χ1v) is 8.12. The lowest BCUT2D eigenvalue weighted by atomic mass is 10.1. The van der Waals surface area contributed by atoms with Crippen LogP contribution in [0.4, 0.5) is 18.9 Å². The summed E-state index contributed by atoms with van der Waals surface area (Å²) in [6, 6.07) is 10.3. The Kier molecular flexibility index (Phi) is 6.26. The largest absolute Gasteiger partial charge is 0.417 e. The van der Waals surface area contributed by atoms with Gasteiger partial charge in [0.15, 0.2) is 0 Å². The first kappa shape index (κ1) is 19.8. The van der Waals surface area contributed by atoms with E-state index in [4.69, 9.17) is 11.6 Å². The third-order valence-corrected chi connectivity index (χ3v) is 3.95. The van der Waals surface area contributed by atoms with E-state index in [1.807, 2.05) is 31.2 Å². The minimum Gasteiger partial charge on any atom is -0.344 e. The molecule has 4 nitrogen and oxygen atoms in total. The van der Waals surface area contributed by atoms with Crippen LogP contribution in [0.3, 0.4) is 0 Å². The van der Waals surface area contributed by atoms with Crippen LogP contribution in [0.15, 0.2) is 42.5 Å². The maximum absolute atomic E-state index is 12.8. The Morgan fingerprint density at radius 2 is 1.62 bits per heavy atom. The molecule has 2 aromatic carbocycles. The van der Waals surface area contributed by atoms with Gasteiger partial charge in [-0.1, -0.05) is 42.8 Å². The maximum Gasteiger partial charge on any atom is 0.417 e. The third kappa shape index (κ3) is 5.23. The normalized spacial score (nSPS) is 11.1. The zero-order valence-corrected chi connectivity index (χ0v) is 14.5. The molecule has 2 N–H and O–H groups in total. The summed E-state index contributed by atoms with van der Waals surface area (Å²) in [5, 5.41) is 4.05. The number of hydrogen-bond acceptors (Lipinski definition) is 2. The highest BCUT2D eigenvalue weighted by molar-refractivity contribution is 6.39. The third-order valence-electron chi connectivity index (χ3n) is 3.62. The number of halogens is 4. The fraction of sp³-hybridized carbons (Fsp3) is 0.222. The van der Waals surface area contributed by atoms with E-state index in [0.717, 1.165) is 23.6 Å². The molecule has 2 amide bonds. The molecule has 0 aromatic heterocycles. The number of aryl methyl sites for hydroxylation is 1. The molecule has 0 aliphatic rings. The van der Waals surface area contributed by atoms with Crippen LogP contribution < -0.4 is 10.6 Å². The second-order valence-electron chi connectivity index (χ2n) is 5.50. The maximum atomic E-state index is 12.8. The molecule has 0 radical (unpaired) electrons. The Hall–Kier alpha value is -2.54. The van der Waals surface area contributed by atoms with Crippen molar-refractivity contribution in [1.82, 2.24) is 5.32 Å². The Bertz CT molecular complexity index is 805. The van der Waals surface area contributed by atoms with Gasteiger partial charge in [-0.25, -0.2) is 0 Å². The zero-order valence-electron chi connectivity index (χ0n) is 13.8. The monoisotopic (exact) mass is 384 g/mol. The summed E-state index contributed by atoms with van der Waals surface area (Å²) in [7, 11) is 0. The van der Waals surface area contributed by atoms with Crippen molar-refractivity contribution in [3.05, 3.63) is 64.2 Å². The van der Waals surface area contributed by atoms with Crippen LogP contribution in [0, 0.1) is 0 Å². The summed E-state index contributed by atoms with van der Waals surface area (Å²) in [6.45, 7) is 2.15. The minimum absolute atomic E-state index is 0.130. The lowest BCUT2D eigenvalue weighted by Gasteiger charge is -2.12. The molecule has 0 aliphatic heterocycles. The number of carbonyl (C=O) groups excluding carboxylic acids is 2. The molecule has 0 bridgehead atoms. The van der Waals surface area contributed by atoms with Crippen LogP contribution in [0.2, 0.25) is 5.02 Å². The number of carbonyl (C=O) groups is 2. The summed E-state index contributed by atoms with van der Waals surface area (Å²) in [6.07, 6.45) is -3.78. The van der Waals surface area contributed by atoms with Gasteiger partial charge in [-0.15, -0.1) is 0 Å². The Morgan fingerprint density at radius 3 is 2.19 bits per heavy atom. The quantitative estimate of drug-likeness (QED) is 0.777. The summed E-state index contributed by atoms with van der Waals surface area (Å²) < 4.78 is 38.4. The molecule has 0 saturated carbocycles. The number of rotatable bonds is 4. The molecule has 0 heterocycles. The molecule has 0 spiro atoms. The Labute approximate surface area is 153 Å². The molecule has 8 heteroatoms. The highest BCUT2D eigenvalue weighted by atomic mass is 35.5. The second-order valence-corrected chi connectivity index (χ2v) is 5.91. The van der Waals surface area contributed by atoms with Crippen molar-refractivity contribution >= 4 is 29.1 Å². The molecule has 0 fully saturated rings. The molecule has 138 valence electrons. The van der Waals surface area contributed by atoms with Crippen LogP contribution >= 0.6 is 11.6 Å². The van der Waals surface area contributed by atoms with E-state index in [9.17, 15) is 22.8 Å². The summed E-state index contributed by atoms with van der Waals surface area (Å²) in [5.74, 6) is -2.02. The molecule has 2 aromatic rings. The van der Waals surface area contributed by atoms with E-state index in [2.05, 4.69) is 10.6 Å². The van der Waals surface area contributed by atoms with Crippen molar-refractivity contribution in [2.24, 2.45) is 0 Å². The first-order valence-electron chi connectivity index (χ1n) is 7.74. The first-order chi connectivity index (χ1) is 12.2. The van der Waals surface area contributed by atoms with Gasteiger partial charge in [-0.05, 0) is 35.7 Å². The van der Waals surface area contributed by atoms with Crippen molar-refractivity contribution in [3.8, 4) is 0 Å². The smallest absolute Gasteiger partial charge is 0.344 e. The second kappa shape index (κ2) is 8.23. The van der Waals surface area contributed by atoms with E-state index in [-0.39, 0.29) is 12.2 Å². The Balaban J connectivity index is 1.97. The van der Waals surface area contributed by atoms with Gasteiger partial charge in [0, 0.05) is 12.2 Å². The summed E-state index contributed by atoms with van der Waals surface area (Å²) in [5.41, 5.74) is 0.679. The van der Waals surface area contributed by atoms with Crippen LogP contribution in [-0.2, 0) is 28.7 Å². The van der Waals surface area contributed by atoms with Crippen molar-refractivity contribution in [3.63, 3.8) is 0 Å². The summed E-state index contributed by atoms with van der Waals surface area (Å²) in [4.78, 5) is 23.7. The molecule has 0 unspecified atom stereocenters. The predicted molar refractivity (Wildman–Crippen MR) is 92.8 cm³/mol. The van der Waals surface area contributed by atoms with E-state index in [1.165, 1.54) is 6.07 Å². The van der Waals surface area contributed by atoms with Crippen LogP contribution in [0.5, 0.6) is 0 Å². The molecule has 2 rings (SSSR count).